The van der Waals surface area contributed by atoms with Crippen LogP contribution in [0.4, 0.5) is 5.88 Å². The molecule has 0 unspecified atom stereocenters. The van der Waals surface area contributed by atoms with E-state index in [2.05, 4.69) is 6.92 Å². The minimum atomic E-state index is -3.73. The molecule has 0 bridgehead atoms. The van der Waals surface area contributed by atoms with E-state index in [0.717, 1.165) is 47.3 Å². The second kappa shape index (κ2) is 8.96. The van der Waals surface area contributed by atoms with Gasteiger partial charge in [-0.1, -0.05) is 43.2 Å². The first kappa shape index (κ1) is 22.0. The highest BCUT2D eigenvalue weighted by molar-refractivity contribution is 7.92. The van der Waals surface area contributed by atoms with Crippen molar-refractivity contribution < 1.29 is 17.6 Å². The predicted molar refractivity (Wildman–Crippen MR) is 121 cm³/mol. The van der Waals surface area contributed by atoms with Crippen molar-refractivity contribution in [2.75, 3.05) is 18.5 Å². The van der Waals surface area contributed by atoms with E-state index < -0.39 is 10.0 Å². The zero-order chi connectivity index (χ0) is 21.9. The number of aryl methyl sites for hydroxylation is 2. The molecular formula is C24H29NO4S. The third-order valence-electron chi connectivity index (χ3n) is 5.29. The Morgan fingerprint density at radius 3 is 2.20 bits per heavy atom. The molecule has 6 heteroatoms. The summed E-state index contributed by atoms with van der Waals surface area (Å²) in [7, 11) is -0.544. The van der Waals surface area contributed by atoms with Gasteiger partial charge in [-0.25, -0.2) is 12.7 Å². The molecule has 0 aliphatic rings. The quantitative estimate of drug-likeness (QED) is 0.460. The van der Waals surface area contributed by atoms with E-state index in [1.165, 1.54) is 4.31 Å². The van der Waals surface area contributed by atoms with Gasteiger partial charge < -0.3 is 9.15 Å². The maximum absolute atomic E-state index is 13.3. The number of hydrogen-bond acceptors (Lipinski definition) is 4. The fourth-order valence-corrected chi connectivity index (χ4v) is 4.69. The number of rotatable bonds is 8. The summed E-state index contributed by atoms with van der Waals surface area (Å²) in [5, 5.41) is 0. The number of ether oxygens (including phenoxy) is 1. The average Bonchev–Trinajstić information content (AvgIpc) is 3.07. The summed E-state index contributed by atoms with van der Waals surface area (Å²) < 4.78 is 39.1. The maximum atomic E-state index is 13.3. The zero-order valence-electron chi connectivity index (χ0n) is 18.2. The fraction of sp³-hybridized carbons (Fsp3) is 0.333. The third-order valence-corrected chi connectivity index (χ3v) is 7.04. The van der Waals surface area contributed by atoms with Crippen LogP contribution in [0.3, 0.4) is 0 Å². The van der Waals surface area contributed by atoms with Crippen LogP contribution in [-0.4, -0.2) is 22.6 Å². The lowest BCUT2D eigenvalue weighted by Crippen LogP contribution is -2.27. The fourth-order valence-electron chi connectivity index (χ4n) is 3.53. The van der Waals surface area contributed by atoms with Gasteiger partial charge in [0.2, 0.25) is 5.88 Å². The molecule has 0 amide bonds. The van der Waals surface area contributed by atoms with Crippen molar-refractivity contribution in [1.82, 2.24) is 0 Å². The van der Waals surface area contributed by atoms with Crippen molar-refractivity contribution in [2.45, 2.75) is 44.9 Å². The number of benzene rings is 2. The minimum Gasteiger partial charge on any atom is -0.497 e. The van der Waals surface area contributed by atoms with Gasteiger partial charge in [-0.05, 0) is 56.5 Å². The molecule has 30 heavy (non-hydrogen) atoms. The Morgan fingerprint density at radius 1 is 1.00 bits per heavy atom. The van der Waals surface area contributed by atoms with E-state index in [9.17, 15) is 8.42 Å². The Kier molecular flexibility index (Phi) is 6.56. The van der Waals surface area contributed by atoms with Gasteiger partial charge in [0.05, 0.1) is 12.0 Å². The van der Waals surface area contributed by atoms with Crippen LogP contribution in [-0.2, 0) is 16.4 Å². The summed E-state index contributed by atoms with van der Waals surface area (Å²) in [5.74, 6) is 1.86. The number of methoxy groups -OCH3 is 1. The number of sulfonamides is 1. The molecular weight excluding hydrogens is 398 g/mol. The first-order valence-electron chi connectivity index (χ1n) is 10.1. The SMILES string of the molecule is CCCCc1c(N(C)S(=O)(=O)c2ccc(C)cc2)oc(C)c1-c1ccc(OC)cc1. The summed E-state index contributed by atoms with van der Waals surface area (Å²) in [5.41, 5.74) is 3.86. The number of hydrogen-bond donors (Lipinski definition) is 0. The number of nitrogens with zero attached hydrogens (tertiary/aromatic N) is 1. The highest BCUT2D eigenvalue weighted by atomic mass is 32.2. The Morgan fingerprint density at radius 2 is 1.63 bits per heavy atom. The van der Waals surface area contributed by atoms with Gasteiger partial charge in [-0.15, -0.1) is 0 Å². The summed E-state index contributed by atoms with van der Waals surface area (Å²) in [6, 6.07) is 14.6. The van der Waals surface area contributed by atoms with E-state index in [-0.39, 0.29) is 4.90 Å². The highest BCUT2D eigenvalue weighted by Gasteiger charge is 2.29. The number of anilines is 1. The lowest BCUT2D eigenvalue weighted by molar-refractivity contribution is 0.415. The van der Waals surface area contributed by atoms with Crippen LogP contribution in [0.2, 0.25) is 0 Å². The molecule has 0 fully saturated rings. The largest absolute Gasteiger partial charge is 0.497 e. The van der Waals surface area contributed by atoms with Crippen LogP contribution in [0.5, 0.6) is 5.75 Å². The molecule has 2 aromatic carbocycles. The molecule has 0 saturated heterocycles. The molecule has 0 aliphatic carbocycles. The van der Waals surface area contributed by atoms with Crippen LogP contribution in [0.15, 0.2) is 57.8 Å². The first-order valence-corrected chi connectivity index (χ1v) is 11.6. The van der Waals surface area contributed by atoms with Gasteiger partial charge in [-0.2, -0.15) is 0 Å². The smallest absolute Gasteiger partial charge is 0.266 e. The molecule has 5 nitrogen and oxygen atoms in total. The van der Waals surface area contributed by atoms with Crippen molar-refractivity contribution in [1.29, 1.82) is 0 Å². The van der Waals surface area contributed by atoms with E-state index in [4.69, 9.17) is 9.15 Å². The Balaban J connectivity index is 2.10. The average molecular weight is 428 g/mol. The molecule has 0 atom stereocenters. The van der Waals surface area contributed by atoms with Crippen molar-refractivity contribution in [2.24, 2.45) is 0 Å². The Bertz CT molecular complexity index is 1100. The molecule has 0 radical (unpaired) electrons. The van der Waals surface area contributed by atoms with Crippen molar-refractivity contribution in [3.8, 4) is 16.9 Å². The van der Waals surface area contributed by atoms with Gasteiger partial charge in [0.25, 0.3) is 10.0 Å². The second-order valence-corrected chi connectivity index (χ2v) is 9.40. The molecule has 0 N–H and O–H groups in total. The summed E-state index contributed by atoms with van der Waals surface area (Å²) in [4.78, 5) is 0.247. The van der Waals surface area contributed by atoms with Crippen LogP contribution < -0.4 is 9.04 Å². The van der Waals surface area contributed by atoms with Gasteiger partial charge in [0.1, 0.15) is 11.5 Å². The van der Waals surface area contributed by atoms with Crippen molar-refractivity contribution in [3.05, 3.63) is 65.4 Å². The van der Waals surface area contributed by atoms with E-state index in [1.807, 2.05) is 38.1 Å². The van der Waals surface area contributed by atoms with Gasteiger partial charge in [-0.3, -0.25) is 0 Å². The minimum absolute atomic E-state index is 0.247. The Labute approximate surface area is 179 Å². The normalized spacial score (nSPS) is 11.5. The second-order valence-electron chi connectivity index (χ2n) is 7.43. The molecule has 0 spiro atoms. The van der Waals surface area contributed by atoms with Crippen molar-refractivity contribution in [3.63, 3.8) is 0 Å². The van der Waals surface area contributed by atoms with Crippen molar-refractivity contribution >= 4 is 15.9 Å². The molecule has 160 valence electrons. The lowest BCUT2D eigenvalue weighted by atomic mass is 9.98. The number of unbranched alkanes of at least 4 members (excludes halogenated alkanes) is 1. The van der Waals surface area contributed by atoms with Crippen LogP contribution in [0, 0.1) is 13.8 Å². The summed E-state index contributed by atoms with van der Waals surface area (Å²) in [6.45, 7) is 5.93. The van der Waals surface area contributed by atoms with E-state index in [0.29, 0.717) is 11.6 Å². The summed E-state index contributed by atoms with van der Waals surface area (Å²) >= 11 is 0. The lowest BCUT2D eigenvalue weighted by Gasteiger charge is -2.19. The monoisotopic (exact) mass is 427 g/mol. The highest BCUT2D eigenvalue weighted by Crippen LogP contribution is 2.40. The molecule has 3 aromatic rings. The zero-order valence-corrected chi connectivity index (χ0v) is 19.0. The van der Waals surface area contributed by atoms with Crippen LogP contribution >= 0.6 is 0 Å². The standard InChI is InChI=1S/C24H29NO4S/c1-6-7-8-22-23(19-11-13-20(28-5)14-12-19)18(3)29-24(22)25(4)30(26,27)21-15-9-17(2)10-16-21/h9-16H,6-8H2,1-5H3. The molecule has 3 rings (SSSR count). The van der Waals surface area contributed by atoms with E-state index in [1.54, 1.807) is 38.4 Å². The van der Waals surface area contributed by atoms with Crippen LogP contribution in [0.1, 0.15) is 36.7 Å². The number of furan rings is 1. The first-order chi connectivity index (χ1) is 14.3. The molecule has 1 aromatic heterocycles. The molecule has 1 heterocycles. The molecule has 0 aliphatic heterocycles. The summed E-state index contributed by atoms with van der Waals surface area (Å²) in [6.07, 6.45) is 2.67. The Hall–Kier alpha value is -2.73. The van der Waals surface area contributed by atoms with Gasteiger partial charge >= 0.3 is 0 Å². The van der Waals surface area contributed by atoms with Crippen LogP contribution in [0.25, 0.3) is 11.1 Å². The maximum Gasteiger partial charge on any atom is 0.266 e. The third kappa shape index (κ3) is 4.24. The van der Waals surface area contributed by atoms with Gasteiger partial charge in [0, 0.05) is 18.2 Å². The van der Waals surface area contributed by atoms with Gasteiger partial charge in [0.15, 0.2) is 0 Å². The molecule has 0 saturated carbocycles. The predicted octanol–water partition coefficient (Wildman–Crippen LogP) is 5.74. The van der Waals surface area contributed by atoms with E-state index >= 15 is 0 Å². The topological polar surface area (TPSA) is 59.8 Å².